The van der Waals surface area contributed by atoms with Gasteiger partial charge in [0.05, 0.1) is 43.5 Å². The average molecular weight is 495 g/mol. The van der Waals surface area contributed by atoms with Crippen LogP contribution in [-0.2, 0) is 17.5 Å². The van der Waals surface area contributed by atoms with Crippen molar-refractivity contribution in [2.75, 3.05) is 18.7 Å². The Bertz CT molecular complexity index is 1480. The average Bonchev–Trinajstić information content (AvgIpc) is 3.32. The number of benzene rings is 3. The minimum atomic E-state index is -4.85. The molecule has 0 saturated heterocycles. The standard InChI is InChI=1S/C25H20F3N5O3/c1-3-36-24(34)18-13-29-33(23(18)25(26,27)28)20-11-12-21-22-17(20)5-4-6-19(22)30-31-32(21)14-15-7-9-16(35-2)10-8-15/h4-13H,3,14H2,1-2H3. The molecule has 36 heavy (non-hydrogen) atoms. The highest BCUT2D eigenvalue weighted by molar-refractivity contribution is 6.07. The number of anilines is 1. The second-order valence-electron chi connectivity index (χ2n) is 7.94. The summed E-state index contributed by atoms with van der Waals surface area (Å²) in [6.07, 6.45) is -3.97. The molecule has 184 valence electrons. The van der Waals surface area contributed by atoms with E-state index in [0.29, 0.717) is 28.7 Å². The monoisotopic (exact) mass is 495 g/mol. The SMILES string of the molecule is CCOC(=O)c1cnn(-c2ccc3c4c(cccc24)N=NN3Cc2ccc(OC)cc2)c1C(F)(F)F. The smallest absolute Gasteiger partial charge is 0.434 e. The minimum Gasteiger partial charge on any atom is -0.497 e. The second-order valence-corrected chi connectivity index (χ2v) is 7.94. The van der Waals surface area contributed by atoms with E-state index in [0.717, 1.165) is 22.2 Å². The van der Waals surface area contributed by atoms with Gasteiger partial charge in [0, 0.05) is 10.8 Å². The van der Waals surface area contributed by atoms with Crippen LogP contribution in [0.3, 0.4) is 0 Å². The van der Waals surface area contributed by atoms with Crippen LogP contribution in [0.5, 0.6) is 5.75 Å². The molecule has 0 aliphatic carbocycles. The molecule has 4 aromatic rings. The number of methoxy groups -OCH3 is 1. The molecule has 1 aliphatic heterocycles. The quantitative estimate of drug-likeness (QED) is 0.296. The molecule has 0 N–H and O–H groups in total. The van der Waals surface area contributed by atoms with Gasteiger partial charge in [-0.05, 0) is 42.8 Å². The van der Waals surface area contributed by atoms with Crippen LogP contribution in [0, 0.1) is 0 Å². The maximum Gasteiger partial charge on any atom is 0.434 e. The Balaban J connectivity index is 1.63. The van der Waals surface area contributed by atoms with E-state index in [1.807, 2.05) is 24.3 Å². The first-order valence-corrected chi connectivity index (χ1v) is 11.0. The fourth-order valence-electron chi connectivity index (χ4n) is 4.17. The van der Waals surface area contributed by atoms with E-state index in [2.05, 4.69) is 15.4 Å². The Labute approximate surface area is 203 Å². The summed E-state index contributed by atoms with van der Waals surface area (Å²) in [5.74, 6) is -0.365. The maximum absolute atomic E-state index is 14.1. The molecule has 0 spiro atoms. The van der Waals surface area contributed by atoms with Gasteiger partial charge in [-0.2, -0.15) is 18.3 Å². The van der Waals surface area contributed by atoms with Crippen molar-refractivity contribution in [2.24, 2.45) is 10.3 Å². The van der Waals surface area contributed by atoms with Crippen molar-refractivity contribution in [3.8, 4) is 11.4 Å². The molecule has 11 heteroatoms. The summed E-state index contributed by atoms with van der Waals surface area (Å²) in [5.41, 5.74) is 0.444. The highest BCUT2D eigenvalue weighted by atomic mass is 19.4. The van der Waals surface area contributed by atoms with Gasteiger partial charge in [-0.1, -0.05) is 29.5 Å². The number of hydrogen-bond donors (Lipinski definition) is 0. The summed E-state index contributed by atoms with van der Waals surface area (Å²) in [4.78, 5) is 12.2. The number of rotatable bonds is 6. The molecule has 0 saturated carbocycles. The van der Waals surface area contributed by atoms with Gasteiger partial charge in [0.1, 0.15) is 11.3 Å². The second kappa shape index (κ2) is 8.99. The first kappa shape index (κ1) is 23.3. The highest BCUT2D eigenvalue weighted by Gasteiger charge is 2.41. The van der Waals surface area contributed by atoms with E-state index in [1.165, 1.54) is 13.0 Å². The maximum atomic E-state index is 14.1. The van der Waals surface area contributed by atoms with Gasteiger partial charge in [-0.25, -0.2) is 14.5 Å². The van der Waals surface area contributed by atoms with E-state index >= 15 is 0 Å². The normalized spacial score (nSPS) is 12.8. The molecular weight excluding hydrogens is 475 g/mol. The van der Waals surface area contributed by atoms with E-state index in [9.17, 15) is 18.0 Å². The van der Waals surface area contributed by atoms with Crippen molar-refractivity contribution in [3.05, 3.63) is 77.6 Å². The molecule has 5 rings (SSSR count). The van der Waals surface area contributed by atoms with Crippen LogP contribution >= 0.6 is 0 Å². The van der Waals surface area contributed by atoms with E-state index in [-0.39, 0.29) is 12.3 Å². The van der Waals surface area contributed by atoms with Crippen molar-refractivity contribution >= 4 is 28.1 Å². The van der Waals surface area contributed by atoms with Gasteiger partial charge in [-0.3, -0.25) is 0 Å². The Morgan fingerprint density at radius 1 is 1.03 bits per heavy atom. The number of alkyl halides is 3. The lowest BCUT2D eigenvalue weighted by Gasteiger charge is -2.25. The first-order chi connectivity index (χ1) is 17.3. The van der Waals surface area contributed by atoms with Crippen LogP contribution in [-0.4, -0.2) is 29.5 Å². The topological polar surface area (TPSA) is 81.3 Å². The van der Waals surface area contributed by atoms with Crippen LogP contribution in [0.2, 0.25) is 0 Å². The van der Waals surface area contributed by atoms with Gasteiger partial charge in [0.25, 0.3) is 0 Å². The van der Waals surface area contributed by atoms with E-state index in [4.69, 9.17) is 9.47 Å². The first-order valence-electron chi connectivity index (χ1n) is 11.0. The van der Waals surface area contributed by atoms with Crippen LogP contribution in [0.1, 0.15) is 28.5 Å². The molecule has 0 radical (unpaired) electrons. The molecule has 0 atom stereocenters. The fourth-order valence-corrected chi connectivity index (χ4v) is 4.17. The van der Waals surface area contributed by atoms with E-state index in [1.54, 1.807) is 36.4 Å². The Morgan fingerprint density at radius 2 is 1.78 bits per heavy atom. The van der Waals surface area contributed by atoms with Crippen LogP contribution in [0.15, 0.2) is 71.1 Å². The van der Waals surface area contributed by atoms with E-state index < -0.39 is 23.4 Å². The predicted molar refractivity (Wildman–Crippen MR) is 126 cm³/mol. The summed E-state index contributed by atoms with van der Waals surface area (Å²) in [6, 6.07) is 15.8. The third-order valence-corrected chi connectivity index (χ3v) is 5.76. The van der Waals surface area contributed by atoms with Gasteiger partial charge in [-0.15, -0.1) is 5.11 Å². The lowest BCUT2D eigenvalue weighted by molar-refractivity contribution is -0.143. The zero-order valence-corrected chi connectivity index (χ0v) is 19.3. The van der Waals surface area contributed by atoms with Gasteiger partial charge >= 0.3 is 12.1 Å². The minimum absolute atomic E-state index is 0.0582. The lowest BCUT2D eigenvalue weighted by atomic mass is 10.0. The molecule has 2 heterocycles. The third kappa shape index (κ3) is 4.02. The highest BCUT2D eigenvalue weighted by Crippen LogP contribution is 2.43. The zero-order chi connectivity index (χ0) is 25.4. The molecule has 0 bridgehead atoms. The van der Waals surface area contributed by atoms with Gasteiger partial charge < -0.3 is 9.47 Å². The number of carbonyl (C=O) groups is 1. The van der Waals surface area contributed by atoms with Crippen molar-refractivity contribution in [1.29, 1.82) is 0 Å². The lowest BCUT2D eigenvalue weighted by Crippen LogP contribution is -2.19. The molecule has 0 fully saturated rings. The molecular formula is C25H20F3N5O3. The van der Waals surface area contributed by atoms with Crippen molar-refractivity contribution in [3.63, 3.8) is 0 Å². The Morgan fingerprint density at radius 3 is 2.47 bits per heavy atom. The number of aromatic nitrogens is 2. The number of hydrogen-bond acceptors (Lipinski definition) is 7. The summed E-state index contributed by atoms with van der Waals surface area (Å²) >= 11 is 0. The van der Waals surface area contributed by atoms with Crippen molar-refractivity contribution < 1.29 is 27.4 Å². The molecule has 0 amide bonds. The summed E-state index contributed by atoms with van der Waals surface area (Å²) in [7, 11) is 1.59. The summed E-state index contributed by atoms with van der Waals surface area (Å²) in [5, 5.41) is 15.3. The molecule has 0 unspecified atom stereocenters. The zero-order valence-electron chi connectivity index (χ0n) is 19.3. The number of carbonyl (C=O) groups excluding carboxylic acids is 1. The van der Waals surface area contributed by atoms with Gasteiger partial charge in [0.2, 0.25) is 0 Å². The fraction of sp³-hybridized carbons (Fsp3) is 0.200. The number of nitrogens with zero attached hydrogens (tertiary/aromatic N) is 5. The van der Waals surface area contributed by atoms with Crippen LogP contribution < -0.4 is 9.75 Å². The Kier molecular flexibility index (Phi) is 5.83. The largest absolute Gasteiger partial charge is 0.497 e. The Hall–Kier alpha value is -4.41. The van der Waals surface area contributed by atoms with Gasteiger partial charge in [0.15, 0.2) is 5.69 Å². The molecule has 1 aromatic heterocycles. The number of esters is 1. The summed E-state index contributed by atoms with van der Waals surface area (Å²) < 4.78 is 53.1. The number of halogens is 3. The third-order valence-electron chi connectivity index (χ3n) is 5.76. The predicted octanol–water partition coefficient (Wildman–Crippen LogP) is 6.25. The van der Waals surface area contributed by atoms with Crippen LogP contribution in [0.4, 0.5) is 24.5 Å². The van der Waals surface area contributed by atoms with Crippen molar-refractivity contribution in [2.45, 2.75) is 19.6 Å². The van der Waals surface area contributed by atoms with Crippen LogP contribution in [0.25, 0.3) is 16.5 Å². The number of ether oxygens (including phenoxy) is 2. The van der Waals surface area contributed by atoms with Crippen molar-refractivity contribution in [1.82, 2.24) is 9.78 Å². The molecule has 3 aromatic carbocycles. The molecule has 1 aliphatic rings. The molecule has 8 nitrogen and oxygen atoms in total. The summed E-state index contributed by atoms with van der Waals surface area (Å²) in [6.45, 7) is 1.85.